The largest absolute Gasteiger partial charge is 0.507 e. The summed E-state index contributed by atoms with van der Waals surface area (Å²) in [6, 6.07) is 0. The number of phenolic OH excluding ortho intramolecular Hbond substituents is 1. The zero-order valence-electron chi connectivity index (χ0n) is 15.3. The summed E-state index contributed by atoms with van der Waals surface area (Å²) in [5.41, 5.74) is 1.84. The average Bonchev–Trinajstić information content (AvgIpc) is 2.53. The Morgan fingerprint density at radius 1 is 0.792 bits per heavy atom. The molecule has 0 aliphatic heterocycles. The van der Waals surface area contributed by atoms with Crippen molar-refractivity contribution in [3.05, 3.63) is 27.8 Å². The Bertz CT molecular complexity index is 555. The second-order valence-corrected chi connectivity index (χ2v) is 5.95. The standard InChI is InChI=1S/C19H28O5/c1-6-8-10-23-18(21)15-12(3)16(14(5)17(20)13(15)4)19(22)24-11-9-7-2/h20H,6-11H2,1-5H3. The van der Waals surface area contributed by atoms with Crippen molar-refractivity contribution in [1.29, 1.82) is 0 Å². The summed E-state index contributed by atoms with van der Waals surface area (Å²) in [5.74, 6) is -1.10. The minimum atomic E-state index is -0.517. The lowest BCUT2D eigenvalue weighted by Crippen LogP contribution is -2.17. The molecular weight excluding hydrogens is 308 g/mol. The van der Waals surface area contributed by atoms with E-state index in [0.29, 0.717) is 29.9 Å². The molecule has 134 valence electrons. The van der Waals surface area contributed by atoms with Gasteiger partial charge in [0.25, 0.3) is 0 Å². The molecule has 0 spiro atoms. The minimum absolute atomic E-state index is 0.0644. The molecule has 0 fully saturated rings. The van der Waals surface area contributed by atoms with E-state index >= 15 is 0 Å². The second-order valence-electron chi connectivity index (χ2n) is 5.95. The van der Waals surface area contributed by atoms with Gasteiger partial charge in [0.15, 0.2) is 0 Å². The van der Waals surface area contributed by atoms with Crippen LogP contribution in [0.2, 0.25) is 0 Å². The number of hydrogen-bond acceptors (Lipinski definition) is 5. The lowest BCUT2D eigenvalue weighted by molar-refractivity contribution is 0.0494. The molecule has 0 aliphatic carbocycles. The maximum Gasteiger partial charge on any atom is 0.338 e. The Balaban J connectivity index is 3.21. The van der Waals surface area contributed by atoms with Crippen LogP contribution in [0.4, 0.5) is 0 Å². The van der Waals surface area contributed by atoms with Crippen LogP contribution >= 0.6 is 0 Å². The van der Waals surface area contributed by atoms with Gasteiger partial charge in [0.1, 0.15) is 5.75 Å². The van der Waals surface area contributed by atoms with E-state index in [2.05, 4.69) is 0 Å². The number of carbonyl (C=O) groups is 2. The van der Waals surface area contributed by atoms with Gasteiger partial charge >= 0.3 is 11.9 Å². The molecule has 1 N–H and O–H groups in total. The van der Waals surface area contributed by atoms with Crippen LogP contribution in [0.15, 0.2) is 0 Å². The van der Waals surface area contributed by atoms with Gasteiger partial charge in [0.05, 0.1) is 24.3 Å². The Morgan fingerprint density at radius 3 is 1.50 bits per heavy atom. The number of unbranched alkanes of at least 4 members (excludes halogenated alkanes) is 2. The molecular formula is C19H28O5. The molecule has 0 amide bonds. The van der Waals surface area contributed by atoms with Crippen LogP contribution in [0.5, 0.6) is 5.75 Å². The lowest BCUT2D eigenvalue weighted by Gasteiger charge is -2.18. The van der Waals surface area contributed by atoms with E-state index in [-0.39, 0.29) is 16.9 Å². The highest BCUT2D eigenvalue weighted by Crippen LogP contribution is 2.33. The first-order chi connectivity index (χ1) is 11.4. The van der Waals surface area contributed by atoms with Crippen LogP contribution in [-0.4, -0.2) is 30.3 Å². The SMILES string of the molecule is CCCCOC(=O)c1c(C)c(O)c(C)c(C(=O)OCCCC)c1C. The number of ether oxygens (including phenoxy) is 2. The molecule has 24 heavy (non-hydrogen) atoms. The average molecular weight is 336 g/mol. The van der Waals surface area contributed by atoms with E-state index < -0.39 is 11.9 Å². The maximum atomic E-state index is 12.4. The third-order valence-corrected chi connectivity index (χ3v) is 4.08. The van der Waals surface area contributed by atoms with E-state index in [1.54, 1.807) is 20.8 Å². The minimum Gasteiger partial charge on any atom is -0.507 e. The second kappa shape index (κ2) is 9.30. The van der Waals surface area contributed by atoms with Crippen LogP contribution in [0.25, 0.3) is 0 Å². The third-order valence-electron chi connectivity index (χ3n) is 4.08. The molecule has 1 aromatic carbocycles. The summed E-state index contributed by atoms with van der Waals surface area (Å²) >= 11 is 0. The van der Waals surface area contributed by atoms with Crippen molar-refractivity contribution in [2.75, 3.05) is 13.2 Å². The molecule has 0 atom stereocenters. The summed E-state index contributed by atoms with van der Waals surface area (Å²) in [4.78, 5) is 24.7. The Labute approximate surface area is 144 Å². The number of esters is 2. The first kappa shape index (κ1) is 20.0. The molecule has 0 aliphatic rings. The normalized spacial score (nSPS) is 10.5. The number of hydrogen-bond donors (Lipinski definition) is 1. The predicted octanol–water partition coefficient (Wildman–Crippen LogP) is 4.23. The Hall–Kier alpha value is -2.04. The zero-order chi connectivity index (χ0) is 18.3. The Kier molecular flexibility index (Phi) is 7.75. The number of benzene rings is 1. The Morgan fingerprint density at radius 2 is 1.17 bits per heavy atom. The van der Waals surface area contributed by atoms with Crippen molar-refractivity contribution < 1.29 is 24.2 Å². The fourth-order valence-corrected chi connectivity index (χ4v) is 2.58. The molecule has 0 aromatic heterocycles. The first-order valence-corrected chi connectivity index (χ1v) is 8.53. The van der Waals surface area contributed by atoms with Gasteiger partial charge in [-0.25, -0.2) is 9.59 Å². The van der Waals surface area contributed by atoms with Gasteiger partial charge in [0.2, 0.25) is 0 Å². The summed E-state index contributed by atoms with van der Waals surface area (Å²) in [6.45, 7) is 9.64. The van der Waals surface area contributed by atoms with E-state index in [9.17, 15) is 14.7 Å². The molecule has 0 bridgehead atoms. The van der Waals surface area contributed by atoms with Crippen molar-refractivity contribution in [3.8, 4) is 5.75 Å². The first-order valence-electron chi connectivity index (χ1n) is 8.53. The summed E-state index contributed by atoms with van der Waals surface area (Å²) < 4.78 is 10.5. The van der Waals surface area contributed by atoms with Crippen molar-refractivity contribution in [3.63, 3.8) is 0 Å². The fraction of sp³-hybridized carbons (Fsp3) is 0.579. The van der Waals surface area contributed by atoms with Crippen LogP contribution in [0.1, 0.15) is 76.9 Å². The molecule has 1 aromatic rings. The maximum absolute atomic E-state index is 12.4. The predicted molar refractivity (Wildman–Crippen MR) is 92.7 cm³/mol. The monoisotopic (exact) mass is 336 g/mol. The van der Waals surface area contributed by atoms with Gasteiger partial charge in [-0.05, 0) is 39.2 Å². The number of aromatic hydroxyl groups is 1. The van der Waals surface area contributed by atoms with Gasteiger partial charge in [-0.15, -0.1) is 0 Å². The smallest absolute Gasteiger partial charge is 0.338 e. The number of rotatable bonds is 8. The highest BCUT2D eigenvalue weighted by atomic mass is 16.5. The summed E-state index contributed by atoms with van der Waals surface area (Å²) in [7, 11) is 0. The van der Waals surface area contributed by atoms with Crippen LogP contribution in [0, 0.1) is 20.8 Å². The van der Waals surface area contributed by atoms with Crippen LogP contribution in [0.3, 0.4) is 0 Å². The topological polar surface area (TPSA) is 72.8 Å². The van der Waals surface area contributed by atoms with Crippen molar-refractivity contribution >= 4 is 11.9 Å². The van der Waals surface area contributed by atoms with E-state index in [1.807, 2.05) is 13.8 Å². The van der Waals surface area contributed by atoms with Crippen LogP contribution < -0.4 is 0 Å². The lowest BCUT2D eigenvalue weighted by atomic mass is 9.92. The number of carbonyl (C=O) groups excluding carboxylic acids is 2. The summed E-state index contributed by atoms with van der Waals surface area (Å²) in [5, 5.41) is 10.3. The third kappa shape index (κ3) is 4.49. The van der Waals surface area contributed by atoms with Crippen molar-refractivity contribution in [1.82, 2.24) is 0 Å². The van der Waals surface area contributed by atoms with Crippen LogP contribution in [-0.2, 0) is 9.47 Å². The molecule has 0 saturated carbocycles. The molecule has 0 saturated heterocycles. The summed E-state index contributed by atoms with van der Waals surface area (Å²) in [6.07, 6.45) is 3.37. The zero-order valence-corrected chi connectivity index (χ0v) is 15.3. The number of phenols is 1. The van der Waals surface area contributed by atoms with E-state index in [0.717, 1.165) is 25.7 Å². The highest BCUT2D eigenvalue weighted by Gasteiger charge is 2.26. The van der Waals surface area contributed by atoms with Gasteiger partial charge in [0, 0.05) is 11.1 Å². The fourth-order valence-electron chi connectivity index (χ4n) is 2.58. The van der Waals surface area contributed by atoms with Gasteiger partial charge in [-0.2, -0.15) is 0 Å². The molecule has 0 radical (unpaired) electrons. The van der Waals surface area contributed by atoms with Gasteiger partial charge in [-0.3, -0.25) is 0 Å². The van der Waals surface area contributed by atoms with E-state index in [4.69, 9.17) is 9.47 Å². The van der Waals surface area contributed by atoms with Crippen molar-refractivity contribution in [2.24, 2.45) is 0 Å². The molecule has 1 rings (SSSR count). The quantitative estimate of drug-likeness (QED) is 0.568. The van der Waals surface area contributed by atoms with Crippen molar-refractivity contribution in [2.45, 2.75) is 60.3 Å². The molecule has 0 unspecified atom stereocenters. The van der Waals surface area contributed by atoms with Gasteiger partial charge < -0.3 is 14.6 Å². The van der Waals surface area contributed by atoms with Gasteiger partial charge in [-0.1, -0.05) is 26.7 Å². The molecule has 5 heteroatoms. The molecule has 5 nitrogen and oxygen atoms in total. The molecule has 0 heterocycles. The highest BCUT2D eigenvalue weighted by molar-refractivity contribution is 6.01. The van der Waals surface area contributed by atoms with E-state index in [1.165, 1.54) is 0 Å².